The van der Waals surface area contributed by atoms with E-state index in [1.807, 2.05) is 37.3 Å². The fourth-order valence-corrected chi connectivity index (χ4v) is 2.99. The Balaban J connectivity index is 0.000000232. The summed E-state index contributed by atoms with van der Waals surface area (Å²) in [5.74, 6) is -2.61. The molecular formula is C24H24FNO4. The van der Waals surface area contributed by atoms with E-state index >= 15 is 0 Å². The van der Waals surface area contributed by atoms with Crippen molar-refractivity contribution in [3.05, 3.63) is 107 Å². The average molecular weight is 409 g/mol. The van der Waals surface area contributed by atoms with E-state index in [9.17, 15) is 14.0 Å². The third-order valence-corrected chi connectivity index (χ3v) is 4.56. The fraction of sp³-hybridized carbons (Fsp3) is 0.167. The van der Waals surface area contributed by atoms with E-state index in [-0.39, 0.29) is 29.0 Å². The molecule has 6 heteroatoms. The van der Waals surface area contributed by atoms with Gasteiger partial charge >= 0.3 is 11.9 Å². The molecule has 0 aliphatic rings. The van der Waals surface area contributed by atoms with Gasteiger partial charge in [0, 0.05) is 17.6 Å². The van der Waals surface area contributed by atoms with Crippen LogP contribution in [0.3, 0.4) is 0 Å². The van der Waals surface area contributed by atoms with E-state index in [4.69, 9.17) is 10.2 Å². The largest absolute Gasteiger partial charge is 0.478 e. The van der Waals surface area contributed by atoms with E-state index in [1.165, 1.54) is 35.9 Å². The number of rotatable bonds is 6. The minimum absolute atomic E-state index is 0.0126. The summed E-state index contributed by atoms with van der Waals surface area (Å²) in [7, 11) is 0. The van der Waals surface area contributed by atoms with Crippen molar-refractivity contribution in [1.29, 1.82) is 0 Å². The van der Waals surface area contributed by atoms with Gasteiger partial charge in [-0.3, -0.25) is 0 Å². The summed E-state index contributed by atoms with van der Waals surface area (Å²) in [6, 6.07) is 22.7. The minimum Gasteiger partial charge on any atom is -0.478 e. The summed E-state index contributed by atoms with van der Waals surface area (Å²) in [6.07, 6.45) is 0. The smallest absolute Gasteiger partial charge is 0.336 e. The van der Waals surface area contributed by atoms with Crippen LogP contribution in [-0.4, -0.2) is 22.2 Å². The van der Waals surface area contributed by atoms with Crippen molar-refractivity contribution in [3.8, 4) is 0 Å². The normalized spacial score (nSPS) is 12.2. The molecule has 5 nitrogen and oxygen atoms in total. The van der Waals surface area contributed by atoms with Crippen molar-refractivity contribution < 1.29 is 24.2 Å². The number of hydrogen-bond donors (Lipinski definition) is 3. The Hall–Kier alpha value is -3.51. The Morgan fingerprint density at radius 2 is 1.20 bits per heavy atom. The first-order valence-electron chi connectivity index (χ1n) is 9.42. The molecule has 0 aliphatic carbocycles. The maximum atomic E-state index is 13.7. The Bertz CT molecular complexity index is 958. The first kappa shape index (κ1) is 22.8. The molecule has 0 heterocycles. The molecular weight excluding hydrogens is 385 g/mol. The standard InChI is InChI=1S/C16H18FN.C8H6O4/c1-12(14-8-4-3-5-9-14)18-13(2)15-10-6-7-11-16(15)17;9-7(10)5-3-1-2-4-6(5)8(11)12/h3-13,18H,1-2H3;1-4H,(H,9,10)(H,11,12). The highest BCUT2D eigenvalue weighted by Crippen LogP contribution is 2.21. The summed E-state index contributed by atoms with van der Waals surface area (Å²) in [4.78, 5) is 20.9. The molecule has 0 saturated carbocycles. The number of halogens is 1. The highest BCUT2D eigenvalue weighted by molar-refractivity contribution is 6.01. The summed E-state index contributed by atoms with van der Waals surface area (Å²) >= 11 is 0. The minimum atomic E-state index is -1.23. The third kappa shape index (κ3) is 6.25. The maximum Gasteiger partial charge on any atom is 0.336 e. The van der Waals surface area contributed by atoms with E-state index in [1.54, 1.807) is 6.07 Å². The lowest BCUT2D eigenvalue weighted by molar-refractivity contribution is 0.0651. The molecule has 156 valence electrons. The monoisotopic (exact) mass is 409 g/mol. The van der Waals surface area contributed by atoms with Crippen molar-refractivity contribution in [2.75, 3.05) is 0 Å². The molecule has 2 atom stereocenters. The van der Waals surface area contributed by atoms with Gasteiger partial charge in [-0.1, -0.05) is 60.7 Å². The maximum absolute atomic E-state index is 13.7. The van der Waals surface area contributed by atoms with Crippen LogP contribution in [0.25, 0.3) is 0 Å². The van der Waals surface area contributed by atoms with Gasteiger partial charge in [0.25, 0.3) is 0 Å². The van der Waals surface area contributed by atoms with E-state index in [0.717, 1.165) is 0 Å². The van der Waals surface area contributed by atoms with Crippen molar-refractivity contribution >= 4 is 11.9 Å². The second-order valence-corrected chi connectivity index (χ2v) is 6.70. The van der Waals surface area contributed by atoms with E-state index in [2.05, 4.69) is 24.4 Å². The lowest BCUT2D eigenvalue weighted by atomic mass is 10.0. The third-order valence-electron chi connectivity index (χ3n) is 4.56. The number of carboxylic acids is 2. The van der Waals surface area contributed by atoms with Crippen molar-refractivity contribution in [1.82, 2.24) is 5.32 Å². The number of carboxylic acid groups (broad SMARTS) is 2. The number of hydrogen-bond acceptors (Lipinski definition) is 3. The Kier molecular flexibility index (Phi) is 8.26. The van der Waals surface area contributed by atoms with E-state index < -0.39 is 11.9 Å². The summed E-state index contributed by atoms with van der Waals surface area (Å²) in [6.45, 7) is 4.07. The lowest BCUT2D eigenvalue weighted by Gasteiger charge is -2.21. The molecule has 0 aromatic heterocycles. The highest BCUT2D eigenvalue weighted by atomic mass is 19.1. The van der Waals surface area contributed by atoms with Crippen molar-refractivity contribution in [3.63, 3.8) is 0 Å². The van der Waals surface area contributed by atoms with Crippen LogP contribution in [0.15, 0.2) is 78.9 Å². The van der Waals surface area contributed by atoms with Crippen molar-refractivity contribution in [2.45, 2.75) is 25.9 Å². The number of benzene rings is 3. The van der Waals surface area contributed by atoms with Gasteiger partial charge in [-0.15, -0.1) is 0 Å². The Labute approximate surface area is 174 Å². The van der Waals surface area contributed by atoms with E-state index in [0.29, 0.717) is 5.56 Å². The zero-order chi connectivity index (χ0) is 22.1. The van der Waals surface area contributed by atoms with Crippen LogP contribution in [0.5, 0.6) is 0 Å². The van der Waals surface area contributed by atoms with Crippen LogP contribution in [0, 0.1) is 5.82 Å². The number of carbonyl (C=O) groups is 2. The van der Waals surface area contributed by atoms with Crippen molar-refractivity contribution in [2.24, 2.45) is 0 Å². The quantitative estimate of drug-likeness (QED) is 0.513. The average Bonchev–Trinajstić information content (AvgIpc) is 2.75. The van der Waals surface area contributed by atoms with Gasteiger partial charge in [-0.05, 0) is 37.6 Å². The first-order valence-corrected chi connectivity index (χ1v) is 9.42. The SMILES string of the molecule is CC(NC(C)c1ccccc1F)c1ccccc1.O=C(O)c1ccccc1C(=O)O. The number of aromatic carboxylic acids is 2. The predicted octanol–water partition coefficient (Wildman–Crippen LogP) is 5.32. The van der Waals surface area contributed by atoms with Crippen LogP contribution in [0.1, 0.15) is 57.8 Å². The summed E-state index contributed by atoms with van der Waals surface area (Å²) < 4.78 is 13.7. The van der Waals surface area contributed by atoms with Gasteiger partial charge < -0.3 is 15.5 Å². The molecule has 0 radical (unpaired) electrons. The number of nitrogens with one attached hydrogen (secondary N) is 1. The fourth-order valence-electron chi connectivity index (χ4n) is 2.99. The zero-order valence-corrected chi connectivity index (χ0v) is 16.7. The van der Waals surface area contributed by atoms with Crippen LogP contribution < -0.4 is 5.32 Å². The Morgan fingerprint density at radius 1 is 0.733 bits per heavy atom. The van der Waals surface area contributed by atoms with Gasteiger partial charge in [-0.25, -0.2) is 14.0 Å². The van der Waals surface area contributed by atoms with Gasteiger partial charge in [0.2, 0.25) is 0 Å². The molecule has 3 aromatic rings. The molecule has 3 N–H and O–H groups in total. The molecule has 0 spiro atoms. The summed E-state index contributed by atoms with van der Waals surface area (Å²) in [5.41, 5.74) is 1.54. The molecule has 3 aromatic carbocycles. The molecule has 0 amide bonds. The van der Waals surface area contributed by atoms with Crippen LogP contribution >= 0.6 is 0 Å². The second kappa shape index (κ2) is 10.9. The highest BCUT2D eigenvalue weighted by Gasteiger charge is 2.14. The molecule has 0 bridgehead atoms. The predicted molar refractivity (Wildman–Crippen MR) is 113 cm³/mol. The topological polar surface area (TPSA) is 86.6 Å². The zero-order valence-electron chi connectivity index (χ0n) is 16.7. The molecule has 3 rings (SSSR count). The second-order valence-electron chi connectivity index (χ2n) is 6.70. The molecule has 2 unspecified atom stereocenters. The molecule has 0 saturated heterocycles. The van der Waals surface area contributed by atoms with Crippen LogP contribution in [0.2, 0.25) is 0 Å². The molecule has 0 aliphatic heterocycles. The first-order chi connectivity index (χ1) is 14.3. The van der Waals surface area contributed by atoms with Crippen LogP contribution in [-0.2, 0) is 0 Å². The van der Waals surface area contributed by atoms with Crippen LogP contribution in [0.4, 0.5) is 4.39 Å². The van der Waals surface area contributed by atoms with Gasteiger partial charge in [0.1, 0.15) is 5.82 Å². The Morgan fingerprint density at radius 3 is 1.70 bits per heavy atom. The van der Waals surface area contributed by atoms with Gasteiger partial charge in [0.15, 0.2) is 0 Å². The lowest BCUT2D eigenvalue weighted by Crippen LogP contribution is -2.23. The van der Waals surface area contributed by atoms with Gasteiger partial charge in [0.05, 0.1) is 11.1 Å². The molecule has 0 fully saturated rings. The molecule has 30 heavy (non-hydrogen) atoms. The summed E-state index contributed by atoms with van der Waals surface area (Å²) in [5, 5.41) is 20.5. The van der Waals surface area contributed by atoms with Gasteiger partial charge in [-0.2, -0.15) is 0 Å².